The van der Waals surface area contributed by atoms with Crippen molar-refractivity contribution in [1.82, 2.24) is 0 Å². The highest BCUT2D eigenvalue weighted by Gasteiger charge is 2.66. The zero-order valence-corrected chi connectivity index (χ0v) is 24.4. The Labute approximate surface area is 242 Å². The lowest BCUT2D eigenvalue weighted by Crippen LogP contribution is -2.16. The maximum absolute atomic E-state index is 15.1. The molecule has 1 spiro atoms. The van der Waals surface area contributed by atoms with E-state index >= 15 is 4.39 Å². The second-order valence-corrected chi connectivity index (χ2v) is 12.7. The van der Waals surface area contributed by atoms with Gasteiger partial charge in [-0.25, -0.2) is 4.39 Å². The Hall–Kier alpha value is -3.60. The van der Waals surface area contributed by atoms with Gasteiger partial charge >= 0.3 is 5.97 Å². The van der Waals surface area contributed by atoms with E-state index in [1.807, 2.05) is 18.2 Å². The van der Waals surface area contributed by atoms with Crippen molar-refractivity contribution in [1.29, 1.82) is 0 Å². The van der Waals surface area contributed by atoms with Crippen LogP contribution in [-0.4, -0.2) is 18.2 Å². The van der Waals surface area contributed by atoms with Crippen LogP contribution in [0.3, 0.4) is 0 Å². The van der Waals surface area contributed by atoms with Crippen LogP contribution in [0.25, 0.3) is 16.7 Å². The van der Waals surface area contributed by atoms with Gasteiger partial charge in [0.25, 0.3) is 0 Å². The van der Waals surface area contributed by atoms with Crippen LogP contribution < -0.4 is 9.47 Å². The SMILES string of the molecule is COc1ccc(F)c(-c2ccc(COc3ccc4c(c3)C3(CCCC4)C(C)C3C(=O)O)cc2C2=CCCC2(C)C)c1. The van der Waals surface area contributed by atoms with Gasteiger partial charge in [-0.3, -0.25) is 4.79 Å². The molecule has 4 nitrogen and oxygen atoms in total. The molecule has 214 valence electrons. The molecule has 3 aliphatic rings. The fraction of sp³-hybridized carbons (Fsp3) is 0.417. The van der Waals surface area contributed by atoms with Gasteiger partial charge in [-0.2, -0.15) is 0 Å². The molecule has 0 amide bonds. The number of carboxylic acids is 1. The number of aliphatic carboxylic acids is 1. The summed E-state index contributed by atoms with van der Waals surface area (Å²) in [4.78, 5) is 12.1. The number of fused-ring (bicyclic) bond motifs is 2. The van der Waals surface area contributed by atoms with Crippen LogP contribution >= 0.6 is 0 Å². The average molecular weight is 555 g/mol. The van der Waals surface area contributed by atoms with Crippen molar-refractivity contribution in [2.45, 2.75) is 71.3 Å². The van der Waals surface area contributed by atoms with E-state index in [-0.39, 0.29) is 28.5 Å². The molecule has 1 saturated carbocycles. The summed E-state index contributed by atoms with van der Waals surface area (Å²) >= 11 is 0. The third-order valence-corrected chi connectivity index (χ3v) is 9.98. The first-order chi connectivity index (χ1) is 19.7. The van der Waals surface area contributed by atoms with Crippen molar-refractivity contribution in [3.8, 4) is 22.6 Å². The first-order valence-electron chi connectivity index (χ1n) is 14.8. The topological polar surface area (TPSA) is 55.8 Å². The molecule has 41 heavy (non-hydrogen) atoms. The molecule has 0 radical (unpaired) electrons. The summed E-state index contributed by atoms with van der Waals surface area (Å²) in [6, 6.07) is 17.3. The van der Waals surface area contributed by atoms with E-state index < -0.39 is 5.97 Å². The monoisotopic (exact) mass is 554 g/mol. The van der Waals surface area contributed by atoms with Crippen molar-refractivity contribution in [2.75, 3.05) is 7.11 Å². The molecule has 3 unspecified atom stereocenters. The van der Waals surface area contributed by atoms with Crippen molar-refractivity contribution in [3.63, 3.8) is 0 Å². The lowest BCUT2D eigenvalue weighted by atomic mass is 9.79. The molecule has 3 aromatic rings. The summed E-state index contributed by atoms with van der Waals surface area (Å²) in [5.41, 5.74) is 6.75. The highest BCUT2D eigenvalue weighted by molar-refractivity contribution is 5.85. The molecule has 0 bridgehead atoms. The summed E-state index contributed by atoms with van der Waals surface area (Å²) in [5, 5.41) is 9.92. The summed E-state index contributed by atoms with van der Waals surface area (Å²) < 4.78 is 26.9. The number of rotatable bonds is 7. The van der Waals surface area contributed by atoms with Crippen LogP contribution in [0.1, 0.15) is 75.1 Å². The number of benzene rings is 3. The average Bonchev–Trinajstić information content (AvgIpc) is 3.47. The number of hydrogen-bond acceptors (Lipinski definition) is 3. The number of methoxy groups -OCH3 is 1. The van der Waals surface area contributed by atoms with Gasteiger partial charge in [0.2, 0.25) is 0 Å². The zero-order valence-electron chi connectivity index (χ0n) is 24.4. The van der Waals surface area contributed by atoms with Gasteiger partial charge in [-0.15, -0.1) is 0 Å². The number of ether oxygens (including phenoxy) is 2. The lowest BCUT2D eigenvalue weighted by Gasteiger charge is -2.25. The number of aryl methyl sites for hydroxylation is 1. The maximum Gasteiger partial charge on any atom is 0.307 e. The molecular weight excluding hydrogens is 515 g/mol. The Morgan fingerprint density at radius 2 is 1.78 bits per heavy atom. The molecule has 3 aliphatic carbocycles. The Bertz CT molecular complexity index is 1540. The lowest BCUT2D eigenvalue weighted by molar-refractivity contribution is -0.139. The van der Waals surface area contributed by atoms with E-state index in [0.29, 0.717) is 17.9 Å². The van der Waals surface area contributed by atoms with Gasteiger partial charge in [-0.05, 0) is 113 Å². The van der Waals surface area contributed by atoms with E-state index in [9.17, 15) is 9.90 Å². The van der Waals surface area contributed by atoms with Crippen LogP contribution in [0.4, 0.5) is 4.39 Å². The standard InChI is InChI=1S/C36H39FO4/c1-22-33(34(38)39)36(22)17-6-5-8-24-11-12-26(20-31(24)36)41-21-23-10-14-27(29-19-25(40-4)13-15-32(29)37)28(18-23)30-9-7-16-35(30,2)3/h9-15,18-20,22,33H,5-8,16-17,21H2,1-4H3,(H,38,39). The largest absolute Gasteiger partial charge is 0.497 e. The van der Waals surface area contributed by atoms with Crippen LogP contribution in [0, 0.1) is 23.1 Å². The van der Waals surface area contributed by atoms with Crippen molar-refractivity contribution >= 4 is 11.5 Å². The highest BCUT2D eigenvalue weighted by atomic mass is 19.1. The van der Waals surface area contributed by atoms with E-state index in [2.05, 4.69) is 45.0 Å². The fourth-order valence-electron chi connectivity index (χ4n) is 7.63. The molecular formula is C36H39FO4. The predicted molar refractivity (Wildman–Crippen MR) is 160 cm³/mol. The third-order valence-electron chi connectivity index (χ3n) is 9.98. The van der Waals surface area contributed by atoms with E-state index in [0.717, 1.165) is 66.5 Å². The third kappa shape index (κ3) is 4.73. The van der Waals surface area contributed by atoms with Gasteiger partial charge < -0.3 is 14.6 Å². The molecule has 0 aromatic heterocycles. The van der Waals surface area contributed by atoms with Crippen molar-refractivity contribution in [3.05, 3.63) is 88.7 Å². The van der Waals surface area contributed by atoms with Gasteiger partial charge in [0.15, 0.2) is 0 Å². The Balaban J connectivity index is 1.33. The minimum absolute atomic E-state index is 0.0173. The molecule has 3 atom stereocenters. The fourth-order valence-corrected chi connectivity index (χ4v) is 7.63. The minimum Gasteiger partial charge on any atom is -0.497 e. The second kappa shape index (κ2) is 10.3. The van der Waals surface area contributed by atoms with E-state index in [1.54, 1.807) is 19.2 Å². The van der Waals surface area contributed by atoms with E-state index in [4.69, 9.17) is 9.47 Å². The van der Waals surface area contributed by atoms with Crippen molar-refractivity contribution in [2.24, 2.45) is 17.3 Å². The molecule has 0 saturated heterocycles. The predicted octanol–water partition coefficient (Wildman–Crippen LogP) is 8.60. The Morgan fingerprint density at radius 3 is 2.49 bits per heavy atom. The number of carbonyl (C=O) groups is 1. The first-order valence-corrected chi connectivity index (χ1v) is 14.8. The van der Waals surface area contributed by atoms with Gasteiger partial charge in [0.05, 0.1) is 13.0 Å². The normalized spacial score (nSPS) is 24.4. The van der Waals surface area contributed by atoms with E-state index in [1.165, 1.54) is 17.2 Å². The second-order valence-electron chi connectivity index (χ2n) is 12.7. The summed E-state index contributed by atoms with van der Waals surface area (Å²) in [6.45, 7) is 6.94. The number of allylic oxidation sites excluding steroid dienone is 2. The van der Waals surface area contributed by atoms with Gasteiger partial charge in [0.1, 0.15) is 23.9 Å². The molecule has 0 aliphatic heterocycles. The van der Waals surface area contributed by atoms with Crippen molar-refractivity contribution < 1.29 is 23.8 Å². The maximum atomic E-state index is 15.1. The quantitative estimate of drug-likeness (QED) is 0.318. The molecule has 0 heterocycles. The Kier molecular flexibility index (Phi) is 6.96. The molecule has 6 rings (SSSR count). The van der Waals surface area contributed by atoms with Gasteiger partial charge in [-0.1, -0.05) is 51.5 Å². The van der Waals surface area contributed by atoms with Crippen LogP contribution in [-0.2, 0) is 23.2 Å². The molecule has 3 aromatic carbocycles. The highest BCUT2D eigenvalue weighted by Crippen LogP contribution is 2.64. The summed E-state index contributed by atoms with van der Waals surface area (Å²) in [5.74, 6) is 0.210. The number of halogens is 1. The van der Waals surface area contributed by atoms with Gasteiger partial charge in [0, 0.05) is 11.0 Å². The zero-order chi connectivity index (χ0) is 28.9. The number of carboxylic acid groups (broad SMARTS) is 1. The minimum atomic E-state index is -0.694. The Morgan fingerprint density at radius 1 is 0.976 bits per heavy atom. The summed E-state index contributed by atoms with van der Waals surface area (Å²) in [6.07, 6.45) is 8.36. The van der Waals surface area contributed by atoms with Crippen LogP contribution in [0.15, 0.2) is 60.7 Å². The van der Waals surface area contributed by atoms with Crippen LogP contribution in [0.2, 0.25) is 0 Å². The smallest absolute Gasteiger partial charge is 0.307 e. The molecule has 1 fully saturated rings. The molecule has 1 N–H and O–H groups in total. The van der Waals surface area contributed by atoms with Crippen LogP contribution in [0.5, 0.6) is 11.5 Å². The summed E-state index contributed by atoms with van der Waals surface area (Å²) in [7, 11) is 1.59. The first kappa shape index (κ1) is 27.6. The number of hydrogen-bond donors (Lipinski definition) is 1. The molecule has 5 heteroatoms.